The first-order valence-corrected chi connectivity index (χ1v) is 6.71. The number of rotatable bonds is 6. The third kappa shape index (κ3) is 3.85. The van der Waals surface area contributed by atoms with Gasteiger partial charge in [0.05, 0.1) is 6.61 Å². The average Bonchev–Trinajstić information content (AvgIpc) is 2.47. The molecule has 0 aromatic heterocycles. The second-order valence-electron chi connectivity index (χ2n) is 4.51. The molecule has 0 N–H and O–H groups in total. The van der Waals surface area contributed by atoms with Crippen LogP contribution in [0.1, 0.15) is 30.6 Å². The van der Waals surface area contributed by atoms with Gasteiger partial charge in [-0.05, 0) is 49.7 Å². The molecule has 0 bridgehead atoms. The van der Waals surface area contributed by atoms with E-state index in [-0.39, 0.29) is 5.78 Å². The molecule has 3 nitrogen and oxygen atoms in total. The van der Waals surface area contributed by atoms with Crippen LogP contribution in [0.15, 0.2) is 48.5 Å². The number of ketones is 1. The summed E-state index contributed by atoms with van der Waals surface area (Å²) in [5.41, 5.74) is 0.644. The fourth-order valence-corrected chi connectivity index (χ4v) is 1.74. The molecule has 104 valence electrons. The molecule has 0 fully saturated rings. The Morgan fingerprint density at radius 3 is 2.35 bits per heavy atom. The first-order chi connectivity index (χ1) is 9.69. The Bertz CT molecular complexity index is 573. The second kappa shape index (κ2) is 6.75. The van der Waals surface area contributed by atoms with Crippen molar-refractivity contribution >= 4 is 5.78 Å². The molecule has 0 aliphatic heterocycles. The van der Waals surface area contributed by atoms with Gasteiger partial charge in [0.1, 0.15) is 17.2 Å². The van der Waals surface area contributed by atoms with Crippen molar-refractivity contribution in [3.63, 3.8) is 0 Å². The van der Waals surface area contributed by atoms with Gasteiger partial charge in [-0.3, -0.25) is 4.79 Å². The van der Waals surface area contributed by atoms with E-state index < -0.39 is 0 Å². The van der Waals surface area contributed by atoms with Gasteiger partial charge in [-0.25, -0.2) is 0 Å². The summed E-state index contributed by atoms with van der Waals surface area (Å²) in [6.45, 7) is 4.32. The first-order valence-electron chi connectivity index (χ1n) is 6.71. The van der Waals surface area contributed by atoms with Gasteiger partial charge in [0.15, 0.2) is 5.78 Å². The van der Waals surface area contributed by atoms with Crippen LogP contribution in [0.4, 0.5) is 0 Å². The fourth-order valence-electron chi connectivity index (χ4n) is 1.74. The summed E-state index contributed by atoms with van der Waals surface area (Å²) in [6, 6.07) is 14.6. The molecule has 0 aliphatic carbocycles. The number of carbonyl (C=O) groups is 1. The van der Waals surface area contributed by atoms with Crippen molar-refractivity contribution in [1.82, 2.24) is 0 Å². The Labute approximate surface area is 119 Å². The lowest BCUT2D eigenvalue weighted by atomic mass is 10.1. The Kier molecular flexibility index (Phi) is 4.77. The third-order valence-corrected chi connectivity index (χ3v) is 2.77. The van der Waals surface area contributed by atoms with Crippen molar-refractivity contribution in [2.24, 2.45) is 0 Å². The SMILES string of the molecule is CCCOc1ccc(Oc2cccc(C(C)=O)c2)cc1. The number of benzene rings is 2. The molecule has 0 atom stereocenters. The summed E-state index contributed by atoms with van der Waals surface area (Å²) in [6.07, 6.45) is 0.982. The van der Waals surface area contributed by atoms with Crippen molar-refractivity contribution in [3.05, 3.63) is 54.1 Å². The Hall–Kier alpha value is -2.29. The Morgan fingerprint density at radius 2 is 1.70 bits per heavy atom. The molecule has 0 spiro atoms. The van der Waals surface area contributed by atoms with Crippen molar-refractivity contribution in [1.29, 1.82) is 0 Å². The summed E-state index contributed by atoms with van der Waals surface area (Å²) >= 11 is 0. The molecule has 0 saturated heterocycles. The summed E-state index contributed by atoms with van der Waals surface area (Å²) in [5.74, 6) is 2.23. The molecular weight excluding hydrogens is 252 g/mol. The standard InChI is InChI=1S/C17H18O3/c1-3-11-19-15-7-9-16(10-8-15)20-17-6-4-5-14(12-17)13(2)18/h4-10,12H,3,11H2,1-2H3. The van der Waals surface area contributed by atoms with Gasteiger partial charge in [0.2, 0.25) is 0 Å². The van der Waals surface area contributed by atoms with Gasteiger partial charge in [-0.15, -0.1) is 0 Å². The van der Waals surface area contributed by atoms with Gasteiger partial charge in [0, 0.05) is 5.56 Å². The molecule has 0 aliphatic rings. The number of carbonyl (C=O) groups excluding carboxylic acids is 1. The predicted molar refractivity (Wildman–Crippen MR) is 78.7 cm³/mol. The van der Waals surface area contributed by atoms with E-state index in [9.17, 15) is 4.79 Å². The largest absolute Gasteiger partial charge is 0.494 e. The predicted octanol–water partition coefficient (Wildman–Crippen LogP) is 4.47. The number of ether oxygens (including phenoxy) is 2. The minimum atomic E-state index is 0.0266. The maximum absolute atomic E-state index is 11.3. The minimum Gasteiger partial charge on any atom is -0.494 e. The first kappa shape index (κ1) is 14.1. The van der Waals surface area contributed by atoms with E-state index in [1.807, 2.05) is 36.4 Å². The molecular formula is C17H18O3. The van der Waals surface area contributed by atoms with E-state index >= 15 is 0 Å². The number of hydrogen-bond acceptors (Lipinski definition) is 3. The highest BCUT2D eigenvalue weighted by atomic mass is 16.5. The Balaban J connectivity index is 2.06. The molecule has 0 unspecified atom stereocenters. The highest BCUT2D eigenvalue weighted by molar-refractivity contribution is 5.94. The molecule has 20 heavy (non-hydrogen) atoms. The zero-order valence-electron chi connectivity index (χ0n) is 11.8. The van der Waals surface area contributed by atoms with Gasteiger partial charge < -0.3 is 9.47 Å². The van der Waals surface area contributed by atoms with Gasteiger partial charge in [0.25, 0.3) is 0 Å². The summed E-state index contributed by atoms with van der Waals surface area (Å²) in [7, 11) is 0. The third-order valence-electron chi connectivity index (χ3n) is 2.77. The van der Waals surface area contributed by atoms with Gasteiger partial charge in [-0.2, -0.15) is 0 Å². The topological polar surface area (TPSA) is 35.5 Å². The molecule has 0 heterocycles. The normalized spacial score (nSPS) is 10.1. The van der Waals surface area contributed by atoms with E-state index in [4.69, 9.17) is 9.47 Å². The zero-order chi connectivity index (χ0) is 14.4. The number of Topliss-reactive ketones (excluding diaryl/α,β-unsaturated/α-hetero) is 1. The van der Waals surface area contributed by atoms with Crippen molar-refractivity contribution in [3.8, 4) is 17.2 Å². The van der Waals surface area contributed by atoms with Crippen LogP contribution in [0.25, 0.3) is 0 Å². The van der Waals surface area contributed by atoms with Crippen molar-refractivity contribution < 1.29 is 14.3 Å². The minimum absolute atomic E-state index is 0.0266. The summed E-state index contributed by atoms with van der Waals surface area (Å²) in [4.78, 5) is 11.3. The smallest absolute Gasteiger partial charge is 0.159 e. The molecule has 0 radical (unpaired) electrons. The lowest BCUT2D eigenvalue weighted by Gasteiger charge is -2.08. The van der Waals surface area contributed by atoms with Crippen molar-refractivity contribution in [2.45, 2.75) is 20.3 Å². The van der Waals surface area contributed by atoms with Gasteiger partial charge >= 0.3 is 0 Å². The van der Waals surface area contributed by atoms with E-state index in [1.54, 1.807) is 19.1 Å². The van der Waals surface area contributed by atoms with Crippen LogP contribution in [0.3, 0.4) is 0 Å². The van der Waals surface area contributed by atoms with Crippen LogP contribution < -0.4 is 9.47 Å². The highest BCUT2D eigenvalue weighted by Gasteiger charge is 2.03. The molecule has 0 saturated carbocycles. The average molecular weight is 270 g/mol. The van der Waals surface area contributed by atoms with E-state index in [1.165, 1.54) is 0 Å². The maximum atomic E-state index is 11.3. The van der Waals surface area contributed by atoms with Crippen LogP contribution in [0.5, 0.6) is 17.2 Å². The van der Waals surface area contributed by atoms with Crippen LogP contribution in [0, 0.1) is 0 Å². The summed E-state index contributed by atoms with van der Waals surface area (Å²) in [5, 5.41) is 0. The van der Waals surface area contributed by atoms with Gasteiger partial charge in [-0.1, -0.05) is 19.1 Å². The van der Waals surface area contributed by atoms with Crippen LogP contribution in [-0.2, 0) is 0 Å². The van der Waals surface area contributed by atoms with E-state index in [0.717, 1.165) is 17.9 Å². The molecule has 2 aromatic rings. The zero-order valence-corrected chi connectivity index (χ0v) is 11.8. The molecule has 2 aromatic carbocycles. The Morgan fingerprint density at radius 1 is 1.00 bits per heavy atom. The molecule has 0 amide bonds. The van der Waals surface area contributed by atoms with E-state index in [2.05, 4.69) is 6.92 Å². The van der Waals surface area contributed by atoms with E-state index in [0.29, 0.717) is 17.9 Å². The quantitative estimate of drug-likeness (QED) is 0.726. The van der Waals surface area contributed by atoms with Crippen molar-refractivity contribution in [2.75, 3.05) is 6.61 Å². The highest BCUT2D eigenvalue weighted by Crippen LogP contribution is 2.24. The lowest BCUT2D eigenvalue weighted by Crippen LogP contribution is -1.95. The lowest BCUT2D eigenvalue weighted by molar-refractivity contribution is 0.101. The monoisotopic (exact) mass is 270 g/mol. The maximum Gasteiger partial charge on any atom is 0.159 e. The second-order valence-corrected chi connectivity index (χ2v) is 4.51. The fraction of sp³-hybridized carbons (Fsp3) is 0.235. The van der Waals surface area contributed by atoms with Crippen LogP contribution in [-0.4, -0.2) is 12.4 Å². The number of hydrogen-bond donors (Lipinski definition) is 0. The van der Waals surface area contributed by atoms with Crippen LogP contribution in [0.2, 0.25) is 0 Å². The summed E-state index contributed by atoms with van der Waals surface area (Å²) < 4.78 is 11.2. The van der Waals surface area contributed by atoms with Crippen LogP contribution >= 0.6 is 0 Å². The molecule has 3 heteroatoms. The molecule has 2 rings (SSSR count).